The lowest BCUT2D eigenvalue weighted by Crippen LogP contribution is -2.25. The van der Waals surface area contributed by atoms with Crippen molar-refractivity contribution in [2.24, 2.45) is 5.10 Å². The Morgan fingerprint density at radius 3 is 2.68 bits per heavy atom. The molecular weight excluding hydrogens is 418 g/mol. The minimum Gasteiger partial charge on any atom is -0.283 e. The molecule has 31 heavy (non-hydrogen) atoms. The summed E-state index contributed by atoms with van der Waals surface area (Å²) in [6.07, 6.45) is 1.39. The van der Waals surface area contributed by atoms with Crippen LogP contribution in [-0.2, 0) is 11.3 Å². The number of para-hydroxylation sites is 1. The molecule has 9 nitrogen and oxygen atoms in total. The number of non-ortho nitro benzene ring substituents is 1. The first-order valence-electron chi connectivity index (χ1n) is 9.18. The van der Waals surface area contributed by atoms with Gasteiger partial charge in [0.15, 0.2) is 5.16 Å². The van der Waals surface area contributed by atoms with Crippen LogP contribution in [0.15, 0.2) is 75.7 Å². The van der Waals surface area contributed by atoms with E-state index >= 15 is 0 Å². The molecule has 0 aliphatic rings. The molecule has 158 valence electrons. The molecule has 0 bridgehead atoms. The molecule has 1 heterocycles. The van der Waals surface area contributed by atoms with Crippen molar-refractivity contribution >= 4 is 40.5 Å². The van der Waals surface area contributed by atoms with Gasteiger partial charge in [-0.3, -0.25) is 24.3 Å². The van der Waals surface area contributed by atoms with Crippen LogP contribution >= 0.6 is 11.8 Å². The average Bonchev–Trinajstić information content (AvgIpc) is 2.74. The summed E-state index contributed by atoms with van der Waals surface area (Å²) in [6, 6.07) is 12.8. The van der Waals surface area contributed by atoms with Crippen LogP contribution in [0.5, 0.6) is 0 Å². The highest BCUT2D eigenvalue weighted by Gasteiger charge is 2.13. The number of fused-ring (bicyclic) bond motifs is 1. The maximum absolute atomic E-state index is 12.8. The summed E-state index contributed by atoms with van der Waals surface area (Å²) in [5.74, 6) is -0.383. The zero-order valence-corrected chi connectivity index (χ0v) is 17.5. The number of nitrogens with zero attached hydrogens (tertiary/aromatic N) is 4. The maximum atomic E-state index is 12.8. The Morgan fingerprint density at radius 1 is 1.29 bits per heavy atom. The lowest BCUT2D eigenvalue weighted by atomic mass is 10.2. The number of carbonyl (C=O) groups is 1. The molecule has 0 saturated heterocycles. The van der Waals surface area contributed by atoms with Gasteiger partial charge in [-0.05, 0) is 36.8 Å². The highest BCUT2D eigenvalue weighted by atomic mass is 32.2. The normalized spacial score (nSPS) is 11.0. The summed E-state index contributed by atoms with van der Waals surface area (Å²) in [6.45, 7) is 5.98. The fraction of sp³-hybridized carbons (Fsp3) is 0.143. The molecule has 0 aliphatic carbocycles. The van der Waals surface area contributed by atoms with Gasteiger partial charge in [0.25, 0.3) is 17.2 Å². The average molecular weight is 437 g/mol. The van der Waals surface area contributed by atoms with Gasteiger partial charge in [0.2, 0.25) is 0 Å². The predicted molar refractivity (Wildman–Crippen MR) is 120 cm³/mol. The fourth-order valence-electron chi connectivity index (χ4n) is 2.69. The zero-order chi connectivity index (χ0) is 22.4. The van der Waals surface area contributed by atoms with Crippen molar-refractivity contribution in [2.45, 2.75) is 18.6 Å². The number of nitro groups is 1. The summed E-state index contributed by atoms with van der Waals surface area (Å²) >= 11 is 1.13. The van der Waals surface area contributed by atoms with Gasteiger partial charge in [-0.2, -0.15) is 5.10 Å². The van der Waals surface area contributed by atoms with Gasteiger partial charge in [0.1, 0.15) is 0 Å². The first-order valence-corrected chi connectivity index (χ1v) is 10.2. The van der Waals surface area contributed by atoms with Gasteiger partial charge in [-0.15, -0.1) is 0 Å². The van der Waals surface area contributed by atoms with Crippen molar-refractivity contribution in [3.63, 3.8) is 0 Å². The quantitative estimate of drug-likeness (QED) is 0.144. The Kier molecular flexibility index (Phi) is 6.93. The van der Waals surface area contributed by atoms with Crippen LogP contribution in [0.4, 0.5) is 5.69 Å². The van der Waals surface area contributed by atoms with Crippen LogP contribution in [0.1, 0.15) is 12.5 Å². The van der Waals surface area contributed by atoms with E-state index in [2.05, 4.69) is 22.1 Å². The first-order chi connectivity index (χ1) is 14.8. The summed E-state index contributed by atoms with van der Waals surface area (Å²) in [4.78, 5) is 39.7. The van der Waals surface area contributed by atoms with Crippen LogP contribution < -0.4 is 11.0 Å². The van der Waals surface area contributed by atoms with Crippen molar-refractivity contribution in [2.75, 3.05) is 5.75 Å². The minimum absolute atomic E-state index is 0.00142. The fourth-order valence-corrected chi connectivity index (χ4v) is 3.48. The highest BCUT2D eigenvalue weighted by Crippen LogP contribution is 2.18. The lowest BCUT2D eigenvalue weighted by Gasteiger charge is -2.12. The van der Waals surface area contributed by atoms with Crippen LogP contribution in [0, 0.1) is 10.1 Å². The second kappa shape index (κ2) is 9.81. The summed E-state index contributed by atoms with van der Waals surface area (Å²) in [5.41, 5.74) is 4.13. The molecule has 0 atom stereocenters. The lowest BCUT2D eigenvalue weighted by molar-refractivity contribution is -0.384. The van der Waals surface area contributed by atoms with Crippen molar-refractivity contribution in [3.05, 3.63) is 86.7 Å². The van der Waals surface area contributed by atoms with Gasteiger partial charge in [0.05, 0.1) is 27.8 Å². The van der Waals surface area contributed by atoms with E-state index in [0.29, 0.717) is 28.2 Å². The van der Waals surface area contributed by atoms with Gasteiger partial charge >= 0.3 is 0 Å². The summed E-state index contributed by atoms with van der Waals surface area (Å²) < 4.78 is 1.50. The number of nitrogens with one attached hydrogen (secondary N) is 1. The Balaban J connectivity index is 1.68. The summed E-state index contributed by atoms with van der Waals surface area (Å²) in [5, 5.41) is 15.4. The third kappa shape index (κ3) is 5.64. The Hall–Kier alpha value is -3.79. The standard InChI is InChI=1S/C21H19N5O4S/c1-14(2)12-25-20(28)17-5-3-4-6-18(17)23-21(25)31-13-19(27)24-22-11-15-7-9-16(10-8-15)26(29)30/h3-11H,1,12-13H2,2H3,(H,24,27)/b22-11+. The van der Waals surface area contributed by atoms with E-state index < -0.39 is 4.92 Å². The Labute approximate surface area is 181 Å². The van der Waals surface area contributed by atoms with Crippen molar-refractivity contribution in [3.8, 4) is 0 Å². The minimum atomic E-state index is -0.492. The predicted octanol–water partition coefficient (Wildman–Crippen LogP) is 3.12. The number of hydrazone groups is 1. The maximum Gasteiger partial charge on any atom is 0.269 e. The monoisotopic (exact) mass is 437 g/mol. The van der Waals surface area contributed by atoms with E-state index in [4.69, 9.17) is 0 Å². The van der Waals surface area contributed by atoms with Crippen molar-refractivity contribution in [1.29, 1.82) is 0 Å². The topological polar surface area (TPSA) is 119 Å². The Morgan fingerprint density at radius 2 is 2.00 bits per heavy atom. The van der Waals surface area contributed by atoms with Crippen molar-refractivity contribution < 1.29 is 9.72 Å². The second-order valence-corrected chi connectivity index (χ2v) is 7.63. The number of thioether (sulfide) groups is 1. The van der Waals surface area contributed by atoms with Crippen LogP contribution in [0.3, 0.4) is 0 Å². The number of allylic oxidation sites excluding steroid dienone is 1. The van der Waals surface area contributed by atoms with E-state index in [1.54, 1.807) is 24.3 Å². The molecular formula is C21H19N5O4S. The first kappa shape index (κ1) is 21.9. The molecule has 10 heteroatoms. The van der Waals surface area contributed by atoms with Gasteiger partial charge in [-0.25, -0.2) is 10.4 Å². The van der Waals surface area contributed by atoms with Crippen LogP contribution in [0.25, 0.3) is 10.9 Å². The molecule has 0 aliphatic heterocycles. The molecule has 2 aromatic carbocycles. The van der Waals surface area contributed by atoms with Crippen molar-refractivity contribution in [1.82, 2.24) is 15.0 Å². The number of hydrogen-bond acceptors (Lipinski definition) is 7. The van der Waals surface area contributed by atoms with E-state index in [-0.39, 0.29) is 22.9 Å². The molecule has 0 fully saturated rings. The number of benzene rings is 2. The third-order valence-electron chi connectivity index (χ3n) is 4.09. The van der Waals surface area contributed by atoms with E-state index in [9.17, 15) is 19.7 Å². The number of amides is 1. The molecule has 1 aromatic heterocycles. The van der Waals surface area contributed by atoms with E-state index in [1.807, 2.05) is 6.92 Å². The molecule has 0 radical (unpaired) electrons. The van der Waals surface area contributed by atoms with Crippen LogP contribution in [-0.4, -0.2) is 32.3 Å². The molecule has 1 amide bonds. The van der Waals surface area contributed by atoms with E-state index in [1.165, 1.54) is 35.0 Å². The van der Waals surface area contributed by atoms with Gasteiger partial charge < -0.3 is 0 Å². The Bertz CT molecular complexity index is 1230. The summed E-state index contributed by atoms with van der Waals surface area (Å²) in [7, 11) is 0. The number of carbonyl (C=O) groups excluding carboxylic acids is 1. The van der Waals surface area contributed by atoms with Crippen LogP contribution in [0.2, 0.25) is 0 Å². The molecule has 3 aromatic rings. The molecule has 3 rings (SSSR count). The largest absolute Gasteiger partial charge is 0.283 e. The molecule has 0 unspecified atom stereocenters. The molecule has 0 saturated carbocycles. The SMILES string of the molecule is C=C(C)Cn1c(SCC(=O)N/N=C/c2ccc([N+](=O)[O-])cc2)nc2ccccc2c1=O. The third-order valence-corrected chi connectivity index (χ3v) is 5.07. The smallest absolute Gasteiger partial charge is 0.269 e. The second-order valence-electron chi connectivity index (χ2n) is 6.69. The number of rotatable bonds is 8. The zero-order valence-electron chi connectivity index (χ0n) is 16.6. The van der Waals surface area contributed by atoms with E-state index in [0.717, 1.165) is 17.3 Å². The number of hydrogen-bond donors (Lipinski definition) is 1. The highest BCUT2D eigenvalue weighted by molar-refractivity contribution is 7.99. The molecule has 0 spiro atoms. The number of aromatic nitrogens is 2. The van der Waals surface area contributed by atoms with Gasteiger partial charge in [0, 0.05) is 18.7 Å². The van der Waals surface area contributed by atoms with Gasteiger partial charge in [-0.1, -0.05) is 36.0 Å². The molecule has 1 N–H and O–H groups in total. The number of nitro benzene ring substituents is 1.